The van der Waals surface area contributed by atoms with Gasteiger partial charge in [0.1, 0.15) is 17.4 Å². The van der Waals surface area contributed by atoms with Crippen molar-refractivity contribution in [3.8, 4) is 11.8 Å². The molecule has 6 nitrogen and oxygen atoms in total. The summed E-state index contributed by atoms with van der Waals surface area (Å²) in [5.41, 5.74) is 0.374. The fourth-order valence-corrected chi connectivity index (χ4v) is 2.09. The predicted molar refractivity (Wildman–Crippen MR) is 98.7 cm³/mol. The van der Waals surface area contributed by atoms with E-state index in [1.54, 1.807) is 18.2 Å². The van der Waals surface area contributed by atoms with Crippen molar-refractivity contribution in [2.45, 2.75) is 26.2 Å². The summed E-state index contributed by atoms with van der Waals surface area (Å²) in [4.78, 5) is 12.2. The van der Waals surface area contributed by atoms with E-state index in [-0.39, 0.29) is 5.57 Å². The Morgan fingerprint density at radius 3 is 2.80 bits per heavy atom. The minimum absolute atomic E-state index is 0.0334. The van der Waals surface area contributed by atoms with Crippen molar-refractivity contribution in [1.29, 1.82) is 5.26 Å². The Balaban J connectivity index is 2.49. The Bertz CT molecular complexity index is 626. The number of carbonyl (C=O) groups excluding carboxylic acids is 1. The van der Waals surface area contributed by atoms with Crippen LogP contribution in [0.25, 0.3) is 0 Å². The third kappa shape index (κ3) is 7.92. The molecule has 25 heavy (non-hydrogen) atoms. The summed E-state index contributed by atoms with van der Waals surface area (Å²) in [7, 11) is 1.49. The number of nitrogens with zero attached hydrogens (tertiary/aromatic N) is 1. The Kier molecular flexibility index (Phi) is 10.1. The van der Waals surface area contributed by atoms with E-state index in [0.717, 1.165) is 25.9 Å². The summed E-state index contributed by atoms with van der Waals surface area (Å²) in [5, 5.41) is 15.2. The smallest absolute Gasteiger partial charge is 0.267 e. The molecule has 1 aromatic carbocycles. The molecule has 0 saturated carbocycles. The zero-order valence-electron chi connectivity index (χ0n) is 14.6. The summed E-state index contributed by atoms with van der Waals surface area (Å²) >= 11 is 5.92. The van der Waals surface area contributed by atoms with Gasteiger partial charge in [0, 0.05) is 31.0 Å². The van der Waals surface area contributed by atoms with Gasteiger partial charge >= 0.3 is 0 Å². The number of ether oxygens (including phenoxy) is 2. The average molecular weight is 366 g/mol. The Morgan fingerprint density at radius 1 is 1.36 bits per heavy atom. The van der Waals surface area contributed by atoms with Crippen molar-refractivity contribution in [3.63, 3.8) is 0 Å². The van der Waals surface area contributed by atoms with Crippen LogP contribution in [0.3, 0.4) is 0 Å². The number of hydrogen-bond acceptors (Lipinski definition) is 5. The van der Waals surface area contributed by atoms with Gasteiger partial charge in [0.2, 0.25) is 0 Å². The zero-order chi connectivity index (χ0) is 18.5. The van der Waals surface area contributed by atoms with Crippen LogP contribution in [-0.4, -0.2) is 32.8 Å². The van der Waals surface area contributed by atoms with Crippen molar-refractivity contribution < 1.29 is 14.3 Å². The van der Waals surface area contributed by atoms with Crippen LogP contribution in [0.2, 0.25) is 5.02 Å². The number of nitriles is 1. The van der Waals surface area contributed by atoms with Gasteiger partial charge < -0.3 is 20.1 Å². The van der Waals surface area contributed by atoms with Gasteiger partial charge in [0.15, 0.2) is 0 Å². The molecule has 2 N–H and O–H groups in total. The highest BCUT2D eigenvalue weighted by atomic mass is 35.5. The first-order chi connectivity index (χ1) is 12.1. The fourth-order valence-electron chi connectivity index (χ4n) is 1.92. The zero-order valence-corrected chi connectivity index (χ0v) is 15.4. The van der Waals surface area contributed by atoms with Crippen LogP contribution in [0.4, 0.5) is 5.69 Å². The highest BCUT2D eigenvalue weighted by Crippen LogP contribution is 2.27. The lowest BCUT2D eigenvalue weighted by atomic mass is 10.2. The third-order valence-electron chi connectivity index (χ3n) is 3.27. The molecule has 0 spiro atoms. The predicted octanol–water partition coefficient (Wildman–Crippen LogP) is 3.49. The van der Waals surface area contributed by atoms with Gasteiger partial charge in [-0.2, -0.15) is 5.26 Å². The molecule has 0 unspecified atom stereocenters. The SMILES string of the molecule is CCCCOCCCN/C=C(/C#N)C(=O)Nc1cc(Cl)ccc1OC. The van der Waals surface area contributed by atoms with Crippen LogP contribution in [0.5, 0.6) is 5.75 Å². The molecule has 136 valence electrons. The third-order valence-corrected chi connectivity index (χ3v) is 3.51. The van der Waals surface area contributed by atoms with Crippen molar-refractivity contribution in [3.05, 3.63) is 35.0 Å². The first kappa shape index (κ1) is 20.8. The maximum Gasteiger partial charge on any atom is 0.267 e. The van der Waals surface area contributed by atoms with Crippen molar-refractivity contribution in [2.75, 3.05) is 32.2 Å². The van der Waals surface area contributed by atoms with E-state index in [1.165, 1.54) is 13.3 Å². The summed E-state index contributed by atoms with van der Waals surface area (Å²) in [5.74, 6) is -0.0676. The molecule has 0 aliphatic heterocycles. The van der Waals surface area contributed by atoms with Crippen LogP contribution < -0.4 is 15.4 Å². The Morgan fingerprint density at radius 2 is 2.12 bits per heavy atom. The monoisotopic (exact) mass is 365 g/mol. The van der Waals surface area contributed by atoms with Gasteiger partial charge in [-0.05, 0) is 31.0 Å². The van der Waals surface area contributed by atoms with Gasteiger partial charge in [-0.15, -0.1) is 0 Å². The number of methoxy groups -OCH3 is 1. The normalized spacial score (nSPS) is 10.9. The molecule has 0 aromatic heterocycles. The van der Waals surface area contributed by atoms with Crippen LogP contribution >= 0.6 is 11.6 Å². The first-order valence-corrected chi connectivity index (χ1v) is 8.56. The number of unbranched alkanes of at least 4 members (excludes halogenated alkanes) is 1. The van der Waals surface area contributed by atoms with Crippen molar-refractivity contribution in [2.24, 2.45) is 0 Å². The lowest BCUT2D eigenvalue weighted by Gasteiger charge is -2.10. The van der Waals surface area contributed by atoms with E-state index in [4.69, 9.17) is 26.3 Å². The second kappa shape index (κ2) is 12.2. The second-order valence-electron chi connectivity index (χ2n) is 5.24. The highest BCUT2D eigenvalue weighted by Gasteiger charge is 2.12. The maximum atomic E-state index is 12.2. The number of benzene rings is 1. The van der Waals surface area contributed by atoms with Crippen LogP contribution in [-0.2, 0) is 9.53 Å². The molecule has 0 aliphatic rings. The number of halogens is 1. The van der Waals surface area contributed by atoms with Gasteiger partial charge in [-0.25, -0.2) is 0 Å². The topological polar surface area (TPSA) is 83.4 Å². The summed E-state index contributed by atoms with van der Waals surface area (Å²) < 4.78 is 10.6. The van der Waals surface area contributed by atoms with E-state index in [2.05, 4.69) is 17.6 Å². The lowest BCUT2D eigenvalue weighted by Crippen LogP contribution is -2.18. The van der Waals surface area contributed by atoms with Crippen molar-refractivity contribution in [1.82, 2.24) is 5.32 Å². The average Bonchev–Trinajstić information content (AvgIpc) is 2.60. The molecule has 0 aliphatic carbocycles. The summed E-state index contributed by atoms with van der Waals surface area (Å²) in [6.45, 7) is 4.14. The first-order valence-electron chi connectivity index (χ1n) is 8.18. The van der Waals surface area contributed by atoms with E-state index in [9.17, 15) is 4.79 Å². The minimum Gasteiger partial charge on any atom is -0.495 e. The molecular formula is C18H24ClN3O3. The number of amides is 1. The summed E-state index contributed by atoms with van der Waals surface area (Å²) in [6, 6.07) is 6.74. The van der Waals surface area contributed by atoms with Crippen LogP contribution in [0, 0.1) is 11.3 Å². The lowest BCUT2D eigenvalue weighted by molar-refractivity contribution is -0.112. The van der Waals surface area contributed by atoms with Crippen LogP contribution in [0.15, 0.2) is 30.0 Å². The number of anilines is 1. The Hall–Kier alpha value is -2.23. The maximum absolute atomic E-state index is 12.2. The van der Waals surface area contributed by atoms with Crippen LogP contribution in [0.1, 0.15) is 26.2 Å². The largest absolute Gasteiger partial charge is 0.495 e. The molecule has 0 atom stereocenters. The standard InChI is InChI=1S/C18H24ClN3O3/c1-3-4-9-25-10-5-8-21-13-14(12-20)18(23)22-16-11-15(19)6-7-17(16)24-2/h6-7,11,13,21H,3-5,8-10H2,1-2H3,(H,22,23)/b14-13-. The van der Waals surface area contributed by atoms with E-state index in [1.807, 2.05) is 6.07 Å². The minimum atomic E-state index is -0.533. The Labute approximate surface area is 153 Å². The number of carbonyl (C=O) groups is 1. The molecular weight excluding hydrogens is 342 g/mol. The highest BCUT2D eigenvalue weighted by molar-refractivity contribution is 6.31. The van der Waals surface area contributed by atoms with Gasteiger partial charge in [-0.1, -0.05) is 24.9 Å². The second-order valence-corrected chi connectivity index (χ2v) is 5.68. The molecule has 1 amide bonds. The number of hydrogen-bond donors (Lipinski definition) is 2. The molecule has 1 rings (SSSR count). The summed E-state index contributed by atoms with van der Waals surface area (Å²) in [6.07, 6.45) is 4.36. The molecule has 1 aromatic rings. The molecule has 0 fully saturated rings. The fraction of sp³-hybridized carbons (Fsp3) is 0.444. The molecule has 0 heterocycles. The van der Waals surface area contributed by atoms with E-state index < -0.39 is 5.91 Å². The van der Waals surface area contributed by atoms with Gasteiger partial charge in [0.25, 0.3) is 5.91 Å². The van der Waals surface area contributed by atoms with E-state index in [0.29, 0.717) is 29.6 Å². The van der Waals surface area contributed by atoms with Gasteiger partial charge in [0.05, 0.1) is 12.8 Å². The molecule has 0 radical (unpaired) electrons. The molecule has 0 bridgehead atoms. The molecule has 7 heteroatoms. The van der Waals surface area contributed by atoms with Crippen molar-refractivity contribution >= 4 is 23.2 Å². The quantitative estimate of drug-likeness (QED) is 0.356. The molecule has 0 saturated heterocycles. The van der Waals surface area contributed by atoms with Gasteiger partial charge in [-0.3, -0.25) is 4.79 Å². The number of nitrogens with one attached hydrogen (secondary N) is 2. The van der Waals surface area contributed by atoms with E-state index >= 15 is 0 Å². The number of rotatable bonds is 11.